The number of amides is 3. The molecular formula is C43H51N5O5S2. The lowest BCUT2D eigenvalue weighted by atomic mass is 9.86. The molecule has 0 radical (unpaired) electrons. The molecule has 3 unspecified atom stereocenters. The summed E-state index contributed by atoms with van der Waals surface area (Å²) in [4.78, 5) is 52.0. The Morgan fingerprint density at radius 2 is 1.45 bits per heavy atom. The fraction of sp³-hybridized carbons (Fsp3) is 0.372. The van der Waals surface area contributed by atoms with Gasteiger partial charge in [0.2, 0.25) is 0 Å². The van der Waals surface area contributed by atoms with E-state index in [1.165, 1.54) is 11.3 Å². The van der Waals surface area contributed by atoms with Gasteiger partial charge in [0.25, 0.3) is 0 Å². The summed E-state index contributed by atoms with van der Waals surface area (Å²) in [6.45, 7) is 5.00. The van der Waals surface area contributed by atoms with Crippen molar-refractivity contribution in [3.05, 3.63) is 140 Å². The number of urea groups is 1. The summed E-state index contributed by atoms with van der Waals surface area (Å²) in [6, 6.07) is 28.4. The maximum absolute atomic E-state index is 14.3. The first-order valence-corrected chi connectivity index (χ1v) is 20.5. The Morgan fingerprint density at radius 3 is 2.07 bits per heavy atom. The molecule has 12 heteroatoms. The minimum Gasteiger partial charge on any atom is -0.444 e. The van der Waals surface area contributed by atoms with Crippen LogP contribution in [0.15, 0.2) is 108 Å². The van der Waals surface area contributed by atoms with E-state index in [-0.39, 0.29) is 43.4 Å². The number of nitrogens with one attached hydrogen (secondary N) is 2. The molecule has 2 heterocycles. The molecule has 0 aliphatic rings. The standard InChI is InChI=1S/C43H51N5O5S2/c1-31(2)41-45-37(29-54-41)25-48(3)42(50)47-39(28-52-26-34-17-11-6-12-18-34)40(49)23-35(21-32-13-7-4-8-14-32)19-20-36(22-33-15-9-5-10-16-33)46-43(51)53-27-38-24-44-30-55-38/h4-18,24,29-31,35-36,39H,19-23,25-28H2,1-3H3,(H,46,51)(H,47,50). The molecule has 290 valence electrons. The first-order valence-electron chi connectivity index (χ1n) is 18.7. The highest BCUT2D eigenvalue weighted by molar-refractivity contribution is 7.09. The van der Waals surface area contributed by atoms with Crippen molar-refractivity contribution in [3.63, 3.8) is 0 Å². The largest absolute Gasteiger partial charge is 0.444 e. The molecule has 2 N–H and O–H groups in total. The summed E-state index contributed by atoms with van der Waals surface area (Å²) in [5, 5.41) is 9.06. The van der Waals surface area contributed by atoms with Gasteiger partial charge < -0.3 is 25.0 Å². The average Bonchev–Trinajstić information content (AvgIpc) is 3.90. The number of ether oxygens (including phenoxy) is 2. The smallest absolute Gasteiger partial charge is 0.407 e. The van der Waals surface area contributed by atoms with Crippen molar-refractivity contribution in [2.75, 3.05) is 13.7 Å². The SMILES string of the molecule is CC(C)c1nc(CN(C)C(=O)NC(COCc2ccccc2)C(=O)CC(CCC(Cc2ccccc2)NC(=O)OCc2cncs2)Cc2ccccc2)cs1. The molecule has 0 fully saturated rings. The molecule has 0 spiro atoms. The van der Waals surface area contributed by atoms with Crippen LogP contribution in [0.3, 0.4) is 0 Å². The van der Waals surface area contributed by atoms with E-state index in [1.54, 1.807) is 35.0 Å². The lowest BCUT2D eigenvalue weighted by Crippen LogP contribution is -2.49. The molecule has 0 bridgehead atoms. The molecule has 3 atom stereocenters. The van der Waals surface area contributed by atoms with Crippen LogP contribution in [0.4, 0.5) is 9.59 Å². The summed E-state index contributed by atoms with van der Waals surface area (Å²) in [6.07, 6.45) is 3.95. The number of carbonyl (C=O) groups excluding carboxylic acids is 3. The number of aromatic nitrogens is 2. The molecule has 10 nitrogen and oxygen atoms in total. The van der Waals surface area contributed by atoms with Crippen LogP contribution < -0.4 is 10.6 Å². The van der Waals surface area contributed by atoms with E-state index < -0.39 is 12.1 Å². The molecule has 2 aromatic heterocycles. The Hall–Kier alpha value is -4.91. The number of nitrogens with zero attached hydrogens (tertiary/aromatic N) is 3. The van der Waals surface area contributed by atoms with E-state index in [0.29, 0.717) is 44.8 Å². The van der Waals surface area contributed by atoms with Gasteiger partial charge in [-0.3, -0.25) is 9.78 Å². The fourth-order valence-electron chi connectivity index (χ4n) is 6.19. The molecule has 5 rings (SSSR count). The molecule has 3 aromatic carbocycles. The summed E-state index contributed by atoms with van der Waals surface area (Å²) in [5.41, 5.74) is 5.69. The monoisotopic (exact) mass is 781 g/mol. The second-order valence-electron chi connectivity index (χ2n) is 14.1. The quantitative estimate of drug-likeness (QED) is 0.0765. The highest BCUT2D eigenvalue weighted by Crippen LogP contribution is 2.23. The molecule has 0 saturated heterocycles. The second kappa shape index (κ2) is 21.8. The number of Topliss-reactive ketones (excluding diaryl/α,β-unsaturated/α-hetero) is 1. The van der Waals surface area contributed by atoms with Gasteiger partial charge in [-0.15, -0.1) is 22.7 Å². The first kappa shape index (κ1) is 41.3. The van der Waals surface area contributed by atoms with Gasteiger partial charge in [-0.05, 0) is 48.3 Å². The molecule has 0 aliphatic heterocycles. The maximum atomic E-state index is 14.3. The minimum absolute atomic E-state index is 0.0311. The van der Waals surface area contributed by atoms with E-state index >= 15 is 0 Å². The normalized spacial score (nSPS) is 12.8. The van der Waals surface area contributed by atoms with E-state index in [2.05, 4.69) is 46.6 Å². The Morgan fingerprint density at radius 1 is 0.800 bits per heavy atom. The van der Waals surface area contributed by atoms with Crippen molar-refractivity contribution in [1.82, 2.24) is 25.5 Å². The molecular weight excluding hydrogens is 731 g/mol. The molecule has 0 aliphatic carbocycles. The average molecular weight is 782 g/mol. The van der Waals surface area contributed by atoms with Crippen molar-refractivity contribution < 1.29 is 23.9 Å². The van der Waals surface area contributed by atoms with Crippen LogP contribution in [-0.2, 0) is 46.9 Å². The van der Waals surface area contributed by atoms with Gasteiger partial charge in [-0.1, -0.05) is 105 Å². The van der Waals surface area contributed by atoms with Crippen LogP contribution in [0.2, 0.25) is 0 Å². The lowest BCUT2D eigenvalue weighted by Gasteiger charge is -2.26. The molecule has 0 saturated carbocycles. The fourth-order valence-corrected chi connectivity index (χ4v) is 7.52. The zero-order valence-corrected chi connectivity index (χ0v) is 33.4. The Labute approximate surface area is 332 Å². The van der Waals surface area contributed by atoms with Gasteiger partial charge in [-0.2, -0.15) is 0 Å². The number of benzene rings is 3. The van der Waals surface area contributed by atoms with E-state index in [9.17, 15) is 14.4 Å². The van der Waals surface area contributed by atoms with Crippen LogP contribution in [0.1, 0.15) is 71.3 Å². The van der Waals surface area contributed by atoms with Crippen molar-refractivity contribution in [2.45, 2.75) is 83.7 Å². The first-order chi connectivity index (χ1) is 26.7. The van der Waals surface area contributed by atoms with E-state index in [4.69, 9.17) is 9.47 Å². The zero-order chi connectivity index (χ0) is 38.8. The number of ketones is 1. The Bertz CT molecular complexity index is 1870. The van der Waals surface area contributed by atoms with Gasteiger partial charge >= 0.3 is 12.1 Å². The number of hydrogen-bond acceptors (Lipinski definition) is 9. The van der Waals surface area contributed by atoms with Crippen molar-refractivity contribution in [2.24, 2.45) is 5.92 Å². The van der Waals surface area contributed by atoms with Crippen molar-refractivity contribution in [3.8, 4) is 0 Å². The Kier molecular flexibility index (Phi) is 16.4. The third kappa shape index (κ3) is 14.4. The van der Waals surface area contributed by atoms with Crippen molar-refractivity contribution >= 4 is 40.6 Å². The van der Waals surface area contributed by atoms with E-state index in [1.807, 2.05) is 84.2 Å². The van der Waals surface area contributed by atoms with Gasteiger partial charge in [0.05, 0.1) is 40.8 Å². The summed E-state index contributed by atoms with van der Waals surface area (Å²) in [7, 11) is 1.70. The Balaban J connectivity index is 1.28. The van der Waals surface area contributed by atoms with Crippen LogP contribution in [0.25, 0.3) is 0 Å². The number of rotatable bonds is 21. The maximum Gasteiger partial charge on any atom is 0.407 e. The third-order valence-electron chi connectivity index (χ3n) is 9.15. The van der Waals surface area contributed by atoms with Crippen LogP contribution in [0, 0.1) is 5.92 Å². The third-order valence-corrected chi connectivity index (χ3v) is 11.1. The molecule has 3 amide bonds. The van der Waals surface area contributed by atoms with Gasteiger partial charge in [0.1, 0.15) is 12.6 Å². The summed E-state index contributed by atoms with van der Waals surface area (Å²) < 4.78 is 11.6. The molecule has 5 aromatic rings. The minimum atomic E-state index is -0.862. The van der Waals surface area contributed by atoms with Crippen LogP contribution in [0.5, 0.6) is 0 Å². The zero-order valence-electron chi connectivity index (χ0n) is 31.8. The predicted molar refractivity (Wildman–Crippen MR) is 218 cm³/mol. The van der Waals surface area contributed by atoms with Gasteiger partial charge in [0, 0.05) is 37.0 Å². The molecule has 55 heavy (non-hydrogen) atoms. The van der Waals surface area contributed by atoms with E-state index in [0.717, 1.165) is 32.3 Å². The number of alkyl carbamates (subject to hydrolysis) is 1. The van der Waals surface area contributed by atoms with Crippen LogP contribution >= 0.6 is 22.7 Å². The highest BCUT2D eigenvalue weighted by Gasteiger charge is 2.27. The van der Waals surface area contributed by atoms with Crippen LogP contribution in [-0.4, -0.2) is 58.5 Å². The van der Waals surface area contributed by atoms with Gasteiger partial charge in [-0.25, -0.2) is 14.6 Å². The number of carbonyl (C=O) groups is 3. The number of thiazole rings is 2. The lowest BCUT2D eigenvalue weighted by molar-refractivity contribution is -0.123. The number of hydrogen-bond donors (Lipinski definition) is 2. The topological polar surface area (TPSA) is 123 Å². The second-order valence-corrected chi connectivity index (χ2v) is 15.9. The summed E-state index contributed by atoms with van der Waals surface area (Å²) >= 11 is 3.01. The highest BCUT2D eigenvalue weighted by atomic mass is 32.1. The van der Waals surface area contributed by atoms with Gasteiger partial charge in [0.15, 0.2) is 5.78 Å². The van der Waals surface area contributed by atoms with Crippen molar-refractivity contribution in [1.29, 1.82) is 0 Å². The predicted octanol–water partition coefficient (Wildman–Crippen LogP) is 8.59. The summed E-state index contributed by atoms with van der Waals surface area (Å²) in [5.74, 6) is 0.125.